The van der Waals surface area contributed by atoms with Crippen molar-refractivity contribution in [3.63, 3.8) is 0 Å². The van der Waals surface area contributed by atoms with Crippen molar-refractivity contribution in [1.82, 2.24) is 4.90 Å². The summed E-state index contributed by atoms with van der Waals surface area (Å²) in [5.74, 6) is 1.02. The third-order valence-corrected chi connectivity index (χ3v) is 4.16. The molecule has 0 aromatic heterocycles. The molecular formula is C7H13NO2S2. The maximum atomic E-state index is 10.8. The molecule has 70 valence electrons. The molecule has 0 aromatic rings. The van der Waals surface area contributed by atoms with Crippen molar-refractivity contribution >= 4 is 29.5 Å². The van der Waals surface area contributed by atoms with Crippen molar-refractivity contribution in [3.8, 4) is 0 Å². The Morgan fingerprint density at radius 2 is 2.17 bits per heavy atom. The second kappa shape index (κ2) is 4.99. The standard InChI is InChI=1S/C7H13NO2S2/c1-2-6(7(9)10)8-3-11-5-12-4-8/h6H,2-5H2,1H3,(H,9,10). The Morgan fingerprint density at radius 3 is 2.58 bits per heavy atom. The lowest BCUT2D eigenvalue weighted by Crippen LogP contribution is -2.41. The molecule has 1 saturated heterocycles. The molecule has 1 atom stereocenters. The van der Waals surface area contributed by atoms with E-state index in [-0.39, 0.29) is 6.04 Å². The van der Waals surface area contributed by atoms with Gasteiger partial charge in [-0.1, -0.05) is 6.92 Å². The summed E-state index contributed by atoms with van der Waals surface area (Å²) in [6.07, 6.45) is 0.691. The van der Waals surface area contributed by atoms with E-state index < -0.39 is 5.97 Å². The molecule has 1 aliphatic rings. The van der Waals surface area contributed by atoms with Crippen LogP contribution in [0.1, 0.15) is 13.3 Å². The molecule has 5 heteroatoms. The fourth-order valence-electron chi connectivity index (χ4n) is 1.17. The average Bonchev–Trinajstić information content (AvgIpc) is 2.07. The van der Waals surface area contributed by atoms with Crippen LogP contribution in [0.3, 0.4) is 0 Å². The maximum absolute atomic E-state index is 10.8. The zero-order chi connectivity index (χ0) is 8.97. The number of thioether (sulfide) groups is 2. The van der Waals surface area contributed by atoms with Gasteiger partial charge in [0.1, 0.15) is 6.04 Å². The van der Waals surface area contributed by atoms with Crippen LogP contribution in [-0.4, -0.2) is 38.9 Å². The first kappa shape index (κ1) is 10.2. The van der Waals surface area contributed by atoms with E-state index in [2.05, 4.69) is 0 Å². The van der Waals surface area contributed by atoms with Crippen LogP contribution in [0.5, 0.6) is 0 Å². The van der Waals surface area contributed by atoms with Crippen molar-refractivity contribution in [2.75, 3.05) is 16.8 Å². The summed E-state index contributed by atoms with van der Waals surface area (Å²) in [5, 5.41) is 9.96. The number of aliphatic carboxylic acids is 1. The van der Waals surface area contributed by atoms with Gasteiger partial charge in [-0.3, -0.25) is 9.69 Å². The van der Waals surface area contributed by atoms with E-state index in [0.29, 0.717) is 6.42 Å². The quantitative estimate of drug-likeness (QED) is 0.759. The predicted molar refractivity (Wildman–Crippen MR) is 53.3 cm³/mol. The number of hydrogen-bond acceptors (Lipinski definition) is 4. The van der Waals surface area contributed by atoms with Gasteiger partial charge >= 0.3 is 5.97 Å². The molecule has 3 nitrogen and oxygen atoms in total. The molecule has 0 aliphatic carbocycles. The Labute approximate surface area is 80.9 Å². The number of carboxylic acid groups (broad SMARTS) is 1. The minimum absolute atomic E-state index is 0.287. The molecule has 0 aromatic carbocycles. The predicted octanol–water partition coefficient (Wildman–Crippen LogP) is 1.50. The van der Waals surface area contributed by atoms with Crippen LogP contribution in [0.2, 0.25) is 0 Å². The van der Waals surface area contributed by atoms with Crippen LogP contribution in [-0.2, 0) is 4.79 Å². The van der Waals surface area contributed by atoms with Crippen LogP contribution in [0.4, 0.5) is 0 Å². The number of carbonyl (C=O) groups is 1. The molecule has 1 unspecified atom stereocenters. The summed E-state index contributed by atoms with van der Waals surface area (Å²) < 4.78 is 0. The van der Waals surface area contributed by atoms with Crippen molar-refractivity contribution in [2.45, 2.75) is 19.4 Å². The van der Waals surface area contributed by atoms with E-state index >= 15 is 0 Å². The molecule has 0 saturated carbocycles. The highest BCUT2D eigenvalue weighted by molar-refractivity contribution is 8.16. The summed E-state index contributed by atoms with van der Waals surface area (Å²) in [7, 11) is 0. The molecule has 1 heterocycles. The lowest BCUT2D eigenvalue weighted by Gasteiger charge is -2.30. The molecular weight excluding hydrogens is 194 g/mol. The van der Waals surface area contributed by atoms with Gasteiger partial charge in [0.25, 0.3) is 0 Å². The van der Waals surface area contributed by atoms with Crippen LogP contribution in [0.25, 0.3) is 0 Å². The molecule has 12 heavy (non-hydrogen) atoms. The fraction of sp³-hybridized carbons (Fsp3) is 0.857. The SMILES string of the molecule is CCC(C(=O)O)N1CSCSC1. The molecule has 1 rings (SSSR count). The number of nitrogens with zero attached hydrogens (tertiary/aromatic N) is 1. The number of carboxylic acids is 1. The Morgan fingerprint density at radius 1 is 1.58 bits per heavy atom. The fourth-order valence-corrected chi connectivity index (χ4v) is 3.37. The summed E-state index contributed by atoms with van der Waals surface area (Å²) in [6, 6.07) is -0.287. The molecule has 1 aliphatic heterocycles. The van der Waals surface area contributed by atoms with Gasteiger partial charge in [0.05, 0.1) is 0 Å². The number of hydrogen-bond donors (Lipinski definition) is 1. The van der Waals surface area contributed by atoms with Gasteiger partial charge in [-0.25, -0.2) is 0 Å². The third kappa shape index (κ3) is 2.57. The first-order valence-electron chi connectivity index (χ1n) is 3.88. The third-order valence-electron chi connectivity index (χ3n) is 1.79. The molecule has 0 spiro atoms. The lowest BCUT2D eigenvalue weighted by atomic mass is 10.2. The van der Waals surface area contributed by atoms with Gasteiger partial charge in [-0.2, -0.15) is 0 Å². The summed E-state index contributed by atoms with van der Waals surface area (Å²) in [6.45, 7) is 1.92. The van der Waals surface area contributed by atoms with E-state index in [1.165, 1.54) is 0 Å². The second-order valence-electron chi connectivity index (χ2n) is 2.64. The van der Waals surface area contributed by atoms with Crippen LogP contribution in [0, 0.1) is 0 Å². The van der Waals surface area contributed by atoms with Gasteiger partial charge in [0.2, 0.25) is 0 Å². The summed E-state index contributed by atoms with van der Waals surface area (Å²) in [5.41, 5.74) is 0. The first-order chi connectivity index (χ1) is 5.75. The topological polar surface area (TPSA) is 40.5 Å². The maximum Gasteiger partial charge on any atom is 0.320 e. The Bertz CT molecular complexity index is 159. The second-order valence-corrected chi connectivity index (χ2v) is 4.91. The smallest absolute Gasteiger partial charge is 0.320 e. The van der Waals surface area contributed by atoms with E-state index in [9.17, 15) is 4.79 Å². The van der Waals surface area contributed by atoms with E-state index in [1.54, 1.807) is 23.5 Å². The number of rotatable bonds is 3. The van der Waals surface area contributed by atoms with Gasteiger partial charge in [-0.15, -0.1) is 23.5 Å². The normalized spacial score (nSPS) is 22.1. The summed E-state index contributed by atoms with van der Waals surface area (Å²) >= 11 is 3.58. The Hall–Kier alpha value is 0.130. The molecule has 0 bridgehead atoms. The van der Waals surface area contributed by atoms with Gasteiger partial charge in [-0.05, 0) is 6.42 Å². The first-order valence-corrected chi connectivity index (χ1v) is 6.19. The zero-order valence-corrected chi connectivity index (χ0v) is 8.66. The van der Waals surface area contributed by atoms with Gasteiger partial charge in [0, 0.05) is 16.8 Å². The Balaban J connectivity index is 2.46. The average molecular weight is 207 g/mol. The monoisotopic (exact) mass is 207 g/mol. The van der Waals surface area contributed by atoms with E-state index in [4.69, 9.17) is 5.11 Å². The highest BCUT2D eigenvalue weighted by Gasteiger charge is 2.25. The Kier molecular flexibility index (Phi) is 4.25. The van der Waals surface area contributed by atoms with E-state index in [1.807, 2.05) is 11.8 Å². The lowest BCUT2D eigenvalue weighted by molar-refractivity contribution is -0.142. The van der Waals surface area contributed by atoms with Crippen LogP contribution >= 0.6 is 23.5 Å². The molecule has 0 amide bonds. The van der Waals surface area contributed by atoms with Crippen molar-refractivity contribution in [1.29, 1.82) is 0 Å². The van der Waals surface area contributed by atoms with Crippen molar-refractivity contribution in [3.05, 3.63) is 0 Å². The molecule has 1 N–H and O–H groups in total. The largest absolute Gasteiger partial charge is 0.480 e. The minimum atomic E-state index is -0.694. The van der Waals surface area contributed by atoms with Crippen molar-refractivity contribution in [2.24, 2.45) is 0 Å². The van der Waals surface area contributed by atoms with Gasteiger partial charge in [0.15, 0.2) is 0 Å². The van der Waals surface area contributed by atoms with Gasteiger partial charge < -0.3 is 5.11 Å². The zero-order valence-electron chi connectivity index (χ0n) is 7.02. The van der Waals surface area contributed by atoms with Crippen LogP contribution in [0.15, 0.2) is 0 Å². The van der Waals surface area contributed by atoms with Crippen LogP contribution < -0.4 is 0 Å². The minimum Gasteiger partial charge on any atom is -0.480 e. The summed E-state index contributed by atoms with van der Waals surface area (Å²) in [4.78, 5) is 12.8. The molecule has 1 fully saturated rings. The highest BCUT2D eigenvalue weighted by atomic mass is 32.2. The highest BCUT2D eigenvalue weighted by Crippen LogP contribution is 2.24. The van der Waals surface area contributed by atoms with Crippen molar-refractivity contribution < 1.29 is 9.90 Å². The molecule has 0 radical (unpaired) electrons. The van der Waals surface area contributed by atoms with E-state index in [0.717, 1.165) is 16.8 Å².